The summed E-state index contributed by atoms with van der Waals surface area (Å²) in [5.74, 6) is 1.19. The van der Waals surface area contributed by atoms with E-state index in [1.807, 2.05) is 0 Å². The van der Waals surface area contributed by atoms with Gasteiger partial charge < -0.3 is 0 Å². The van der Waals surface area contributed by atoms with Crippen LogP contribution in [0.3, 0.4) is 0 Å². The van der Waals surface area contributed by atoms with E-state index < -0.39 is 3.67 Å². The smallest absolute Gasteiger partial charge is 0.0911 e. The fourth-order valence-corrected chi connectivity index (χ4v) is 3.69. The van der Waals surface area contributed by atoms with Crippen molar-refractivity contribution in [1.82, 2.24) is 0 Å². The van der Waals surface area contributed by atoms with Gasteiger partial charge in [0.1, 0.15) is 0 Å². The van der Waals surface area contributed by atoms with Gasteiger partial charge in [0.15, 0.2) is 3.67 Å². The van der Waals surface area contributed by atoms with E-state index in [-0.39, 0.29) is 0 Å². The maximum atomic E-state index is 5.78. The quantitative estimate of drug-likeness (QED) is 0.423. The Kier molecular flexibility index (Phi) is 2.69. The van der Waals surface area contributed by atoms with E-state index in [0.717, 1.165) is 12.8 Å². The van der Waals surface area contributed by atoms with Crippen LogP contribution >= 0.6 is 44.8 Å². The Hall–Kier alpha value is 1.28. The van der Waals surface area contributed by atoms with Gasteiger partial charge in [-0.05, 0) is 12.8 Å². The van der Waals surface area contributed by atoms with Crippen molar-refractivity contribution < 1.29 is 0 Å². The highest BCUT2D eigenvalue weighted by molar-refractivity contribution is 8.77. The minimum atomic E-state index is -0.497. The van der Waals surface area contributed by atoms with Crippen LogP contribution in [0, 0.1) is 0 Å². The van der Waals surface area contributed by atoms with Crippen LogP contribution in [-0.2, 0) is 0 Å². The maximum absolute atomic E-state index is 5.78. The van der Waals surface area contributed by atoms with Crippen LogP contribution in [0.4, 0.5) is 0 Å². The van der Waals surface area contributed by atoms with E-state index >= 15 is 0 Å². The number of hydrogen-bond acceptors (Lipinski definition) is 2. The summed E-state index contributed by atoms with van der Waals surface area (Å²) in [4.78, 5) is 0. The molecule has 1 saturated heterocycles. The second-order valence-electron chi connectivity index (χ2n) is 1.65. The van der Waals surface area contributed by atoms with Crippen LogP contribution in [0.1, 0.15) is 12.8 Å². The summed E-state index contributed by atoms with van der Waals surface area (Å²) in [6, 6.07) is 0. The van der Waals surface area contributed by atoms with E-state index in [0.29, 0.717) is 0 Å². The monoisotopic (exact) mass is 188 g/mol. The SMILES string of the molecule is ClC1(Cl)CCCSS1. The molecule has 1 aliphatic rings. The maximum Gasteiger partial charge on any atom is 0.172 e. The highest BCUT2D eigenvalue weighted by Crippen LogP contribution is 2.49. The van der Waals surface area contributed by atoms with Crippen molar-refractivity contribution in [1.29, 1.82) is 0 Å². The number of rotatable bonds is 0. The van der Waals surface area contributed by atoms with Crippen LogP contribution in [0.25, 0.3) is 0 Å². The zero-order chi connectivity index (χ0) is 6.04. The molecule has 0 aromatic heterocycles. The predicted octanol–water partition coefficient (Wildman–Crippen LogP) is 3.29. The summed E-state index contributed by atoms with van der Waals surface area (Å²) in [5, 5.41) is 0. The summed E-state index contributed by atoms with van der Waals surface area (Å²) >= 11 is 11.6. The average Bonchev–Trinajstić information content (AvgIpc) is 1.65. The molecule has 1 rings (SSSR count). The van der Waals surface area contributed by atoms with Gasteiger partial charge in [-0.15, -0.1) is 0 Å². The first-order valence-corrected chi connectivity index (χ1v) is 5.47. The fourth-order valence-electron chi connectivity index (χ4n) is 0.506. The van der Waals surface area contributed by atoms with Crippen molar-refractivity contribution in [2.24, 2.45) is 0 Å². The van der Waals surface area contributed by atoms with Crippen LogP contribution in [0.2, 0.25) is 0 Å². The number of hydrogen-bond donors (Lipinski definition) is 0. The van der Waals surface area contributed by atoms with E-state index in [1.165, 1.54) is 5.75 Å². The zero-order valence-corrected chi connectivity index (χ0v) is 7.34. The Morgan fingerprint density at radius 1 is 1.38 bits per heavy atom. The molecule has 1 fully saturated rings. The first-order valence-electron chi connectivity index (χ1n) is 2.39. The van der Waals surface area contributed by atoms with Gasteiger partial charge in [-0.2, -0.15) is 0 Å². The lowest BCUT2D eigenvalue weighted by atomic mass is 10.4. The Balaban J connectivity index is 2.33. The van der Waals surface area contributed by atoms with Crippen molar-refractivity contribution in [2.45, 2.75) is 16.5 Å². The lowest BCUT2D eigenvalue weighted by Crippen LogP contribution is -2.09. The topological polar surface area (TPSA) is 0 Å². The van der Waals surface area contributed by atoms with Gasteiger partial charge in [-0.3, -0.25) is 0 Å². The first kappa shape index (κ1) is 7.39. The fraction of sp³-hybridized carbons (Fsp3) is 1.00. The molecule has 0 bridgehead atoms. The molecule has 0 aliphatic carbocycles. The molecular weight excluding hydrogens is 183 g/mol. The van der Waals surface area contributed by atoms with Crippen molar-refractivity contribution in [2.75, 3.05) is 5.75 Å². The highest BCUT2D eigenvalue weighted by atomic mass is 35.5. The summed E-state index contributed by atoms with van der Waals surface area (Å²) in [6.45, 7) is 0. The third-order valence-corrected chi connectivity index (χ3v) is 4.99. The van der Waals surface area contributed by atoms with Gasteiger partial charge in [0.05, 0.1) is 0 Å². The predicted molar refractivity (Wildman–Crippen MR) is 43.7 cm³/mol. The normalized spacial score (nSPS) is 27.8. The molecule has 48 valence electrons. The molecule has 0 radical (unpaired) electrons. The lowest BCUT2D eigenvalue weighted by molar-refractivity contribution is 0.836. The Morgan fingerprint density at radius 2 is 2.12 bits per heavy atom. The third kappa shape index (κ3) is 2.26. The first-order chi connectivity index (χ1) is 3.71. The minimum absolute atomic E-state index is 0.497. The molecular formula is C4H6Cl2S2. The second kappa shape index (κ2) is 2.91. The molecule has 0 aromatic carbocycles. The molecule has 0 amide bonds. The second-order valence-corrected chi connectivity index (χ2v) is 6.29. The molecule has 0 aromatic rings. The number of halogens is 2. The van der Waals surface area contributed by atoms with E-state index in [1.54, 1.807) is 21.6 Å². The Morgan fingerprint density at radius 3 is 2.38 bits per heavy atom. The van der Waals surface area contributed by atoms with Crippen LogP contribution in [-0.4, -0.2) is 9.42 Å². The molecule has 1 heterocycles. The zero-order valence-electron chi connectivity index (χ0n) is 4.19. The highest BCUT2D eigenvalue weighted by Gasteiger charge is 2.27. The van der Waals surface area contributed by atoms with Gasteiger partial charge in [-0.1, -0.05) is 44.8 Å². The van der Waals surface area contributed by atoms with Gasteiger partial charge in [0, 0.05) is 5.75 Å². The molecule has 0 spiro atoms. The third-order valence-electron chi connectivity index (χ3n) is 0.876. The van der Waals surface area contributed by atoms with Gasteiger partial charge >= 0.3 is 0 Å². The summed E-state index contributed by atoms with van der Waals surface area (Å²) < 4.78 is -0.497. The molecule has 0 atom stereocenters. The molecule has 0 nitrogen and oxygen atoms in total. The molecule has 4 heteroatoms. The van der Waals surface area contributed by atoms with Crippen LogP contribution in [0.5, 0.6) is 0 Å². The van der Waals surface area contributed by atoms with Crippen LogP contribution < -0.4 is 0 Å². The number of alkyl halides is 2. The van der Waals surface area contributed by atoms with Crippen molar-refractivity contribution in [3.8, 4) is 0 Å². The summed E-state index contributed by atoms with van der Waals surface area (Å²) in [7, 11) is 3.32. The molecule has 1 aliphatic heterocycles. The van der Waals surface area contributed by atoms with Crippen molar-refractivity contribution in [3.63, 3.8) is 0 Å². The molecule has 0 N–H and O–H groups in total. The average molecular weight is 189 g/mol. The summed E-state index contributed by atoms with van der Waals surface area (Å²) in [5.41, 5.74) is 0. The Bertz CT molecular complexity index is 76.1. The molecule has 0 saturated carbocycles. The molecule has 0 unspecified atom stereocenters. The standard InChI is InChI=1S/C4H6Cl2S2/c5-4(6)2-1-3-7-8-4/h1-3H2. The lowest BCUT2D eigenvalue weighted by Gasteiger charge is -2.21. The van der Waals surface area contributed by atoms with Crippen LogP contribution in [0.15, 0.2) is 0 Å². The van der Waals surface area contributed by atoms with Gasteiger partial charge in [0.2, 0.25) is 0 Å². The Labute approximate surface area is 67.1 Å². The molecule has 8 heavy (non-hydrogen) atoms. The van der Waals surface area contributed by atoms with Crippen molar-refractivity contribution in [3.05, 3.63) is 0 Å². The van der Waals surface area contributed by atoms with E-state index in [4.69, 9.17) is 23.2 Å². The van der Waals surface area contributed by atoms with E-state index in [2.05, 4.69) is 0 Å². The minimum Gasteiger partial charge on any atom is -0.0911 e. The van der Waals surface area contributed by atoms with Crippen molar-refractivity contribution >= 4 is 44.8 Å². The van der Waals surface area contributed by atoms with Gasteiger partial charge in [0.25, 0.3) is 0 Å². The van der Waals surface area contributed by atoms with E-state index in [9.17, 15) is 0 Å². The van der Waals surface area contributed by atoms with Gasteiger partial charge in [-0.25, -0.2) is 0 Å². The largest absolute Gasteiger partial charge is 0.172 e. The summed E-state index contributed by atoms with van der Waals surface area (Å²) in [6.07, 6.45) is 2.07.